The molecule has 3 N–H and O–H groups in total. The van der Waals surface area contributed by atoms with Crippen LogP contribution in [0.5, 0.6) is 5.75 Å². The standard InChI is InChI=1S/C11H16N2O5S/c1-7(2)18-11(14)13-9-6-8(19(12,15)16)4-5-10(9)17-3/h4-7H,1-3H3,(H,13,14)(H2,12,15,16). The molecule has 0 atom stereocenters. The first-order valence-electron chi connectivity index (χ1n) is 5.42. The molecule has 1 aromatic rings. The van der Waals surface area contributed by atoms with Crippen LogP contribution in [-0.4, -0.2) is 27.7 Å². The van der Waals surface area contributed by atoms with Gasteiger partial charge in [0.15, 0.2) is 0 Å². The first-order chi connectivity index (χ1) is 8.74. The van der Waals surface area contributed by atoms with Crippen molar-refractivity contribution < 1.29 is 22.7 Å². The van der Waals surface area contributed by atoms with E-state index < -0.39 is 16.1 Å². The molecule has 0 radical (unpaired) electrons. The zero-order valence-corrected chi connectivity index (χ0v) is 11.7. The number of carbonyl (C=O) groups is 1. The summed E-state index contributed by atoms with van der Waals surface area (Å²) < 4.78 is 32.4. The lowest BCUT2D eigenvalue weighted by Crippen LogP contribution is -2.19. The van der Waals surface area contributed by atoms with Gasteiger partial charge in [0.2, 0.25) is 10.0 Å². The van der Waals surface area contributed by atoms with Gasteiger partial charge in [-0.1, -0.05) is 0 Å². The number of nitrogens with two attached hydrogens (primary N) is 1. The number of primary sulfonamides is 1. The summed E-state index contributed by atoms with van der Waals surface area (Å²) in [6.07, 6.45) is -1.01. The summed E-state index contributed by atoms with van der Waals surface area (Å²) in [5.41, 5.74) is 0.166. The summed E-state index contributed by atoms with van der Waals surface area (Å²) >= 11 is 0. The third kappa shape index (κ3) is 4.42. The Labute approximate surface area is 111 Å². The van der Waals surface area contributed by atoms with Crippen LogP contribution in [0.25, 0.3) is 0 Å². The largest absolute Gasteiger partial charge is 0.495 e. The zero-order valence-electron chi connectivity index (χ0n) is 10.8. The Hall–Kier alpha value is -1.80. The van der Waals surface area contributed by atoms with E-state index in [9.17, 15) is 13.2 Å². The number of benzene rings is 1. The van der Waals surface area contributed by atoms with Crippen LogP contribution in [0.2, 0.25) is 0 Å². The quantitative estimate of drug-likeness (QED) is 0.868. The minimum Gasteiger partial charge on any atom is -0.495 e. The van der Waals surface area contributed by atoms with Gasteiger partial charge in [0.1, 0.15) is 5.75 Å². The second-order valence-corrected chi connectivity index (χ2v) is 5.55. The van der Waals surface area contributed by atoms with E-state index in [1.807, 2.05) is 0 Å². The second kappa shape index (κ2) is 5.89. The van der Waals surface area contributed by atoms with E-state index >= 15 is 0 Å². The lowest BCUT2D eigenvalue weighted by molar-refractivity contribution is 0.130. The van der Waals surface area contributed by atoms with E-state index in [0.29, 0.717) is 5.75 Å². The van der Waals surface area contributed by atoms with E-state index in [1.165, 1.54) is 25.3 Å². The highest BCUT2D eigenvalue weighted by Gasteiger charge is 2.14. The van der Waals surface area contributed by atoms with Crippen molar-refractivity contribution in [2.75, 3.05) is 12.4 Å². The number of carbonyl (C=O) groups excluding carboxylic acids is 1. The highest BCUT2D eigenvalue weighted by atomic mass is 32.2. The molecule has 0 saturated carbocycles. The molecule has 19 heavy (non-hydrogen) atoms. The van der Waals surface area contributed by atoms with Crippen LogP contribution >= 0.6 is 0 Å². The third-order valence-corrected chi connectivity index (χ3v) is 2.99. The highest BCUT2D eigenvalue weighted by Crippen LogP contribution is 2.27. The van der Waals surface area contributed by atoms with Gasteiger partial charge in [-0.3, -0.25) is 5.32 Å². The van der Waals surface area contributed by atoms with E-state index in [1.54, 1.807) is 13.8 Å². The minimum atomic E-state index is -3.86. The molecule has 0 fully saturated rings. The summed E-state index contributed by atoms with van der Waals surface area (Å²) in [5.74, 6) is 0.299. The molecule has 8 heteroatoms. The smallest absolute Gasteiger partial charge is 0.411 e. The Bertz CT molecular complexity index is 568. The molecule has 0 unspecified atom stereocenters. The van der Waals surface area contributed by atoms with Crippen LogP contribution < -0.4 is 15.2 Å². The summed E-state index contributed by atoms with van der Waals surface area (Å²) in [6.45, 7) is 3.38. The van der Waals surface area contributed by atoms with Gasteiger partial charge in [-0.25, -0.2) is 18.4 Å². The Morgan fingerprint density at radius 2 is 2.00 bits per heavy atom. The van der Waals surface area contributed by atoms with Gasteiger partial charge in [-0.2, -0.15) is 0 Å². The molecule has 0 aliphatic rings. The van der Waals surface area contributed by atoms with Gasteiger partial charge >= 0.3 is 6.09 Å². The molecule has 1 aromatic carbocycles. The van der Waals surface area contributed by atoms with Crippen molar-refractivity contribution in [3.8, 4) is 5.75 Å². The molecule has 0 spiro atoms. The zero-order chi connectivity index (χ0) is 14.6. The van der Waals surface area contributed by atoms with Crippen molar-refractivity contribution in [3.63, 3.8) is 0 Å². The average molecular weight is 288 g/mol. The Balaban J connectivity index is 3.07. The molecule has 1 rings (SSSR count). The third-order valence-electron chi connectivity index (χ3n) is 2.08. The molecule has 0 aliphatic heterocycles. The van der Waals surface area contributed by atoms with Gasteiger partial charge in [0.05, 0.1) is 23.8 Å². The summed E-state index contributed by atoms with van der Waals surface area (Å²) in [7, 11) is -2.46. The molecule has 0 heterocycles. The Morgan fingerprint density at radius 1 is 1.37 bits per heavy atom. The predicted octanol–water partition coefficient (Wildman–Crippen LogP) is 1.30. The molecular weight excluding hydrogens is 272 g/mol. The van der Waals surface area contributed by atoms with Crippen molar-refractivity contribution in [3.05, 3.63) is 18.2 Å². The number of amides is 1. The molecule has 0 bridgehead atoms. The SMILES string of the molecule is COc1ccc(S(N)(=O)=O)cc1NC(=O)OC(C)C. The number of anilines is 1. The predicted molar refractivity (Wildman–Crippen MR) is 69.6 cm³/mol. The lowest BCUT2D eigenvalue weighted by Gasteiger charge is -2.13. The first-order valence-corrected chi connectivity index (χ1v) is 6.97. The van der Waals surface area contributed by atoms with Crippen molar-refractivity contribution in [2.45, 2.75) is 24.8 Å². The van der Waals surface area contributed by atoms with Gasteiger partial charge in [0, 0.05) is 0 Å². The normalized spacial score (nSPS) is 11.2. The average Bonchev–Trinajstić information content (AvgIpc) is 2.26. The van der Waals surface area contributed by atoms with Crippen LogP contribution in [0.4, 0.5) is 10.5 Å². The fourth-order valence-electron chi connectivity index (χ4n) is 1.32. The topological polar surface area (TPSA) is 108 Å². The molecule has 0 saturated heterocycles. The van der Waals surface area contributed by atoms with Crippen molar-refractivity contribution in [1.29, 1.82) is 0 Å². The maximum absolute atomic E-state index is 11.5. The first kappa shape index (κ1) is 15.3. The van der Waals surface area contributed by atoms with Crippen LogP contribution in [0, 0.1) is 0 Å². The minimum absolute atomic E-state index is 0.131. The van der Waals surface area contributed by atoms with Crippen LogP contribution in [0.15, 0.2) is 23.1 Å². The van der Waals surface area contributed by atoms with E-state index in [-0.39, 0.29) is 16.7 Å². The van der Waals surface area contributed by atoms with Crippen LogP contribution in [0.1, 0.15) is 13.8 Å². The Morgan fingerprint density at radius 3 is 2.47 bits per heavy atom. The second-order valence-electron chi connectivity index (χ2n) is 3.99. The number of nitrogens with one attached hydrogen (secondary N) is 1. The molecular formula is C11H16N2O5S. The molecule has 7 nitrogen and oxygen atoms in total. The number of hydrogen-bond acceptors (Lipinski definition) is 5. The number of methoxy groups -OCH3 is 1. The van der Waals surface area contributed by atoms with E-state index in [4.69, 9.17) is 14.6 Å². The number of sulfonamides is 1. The van der Waals surface area contributed by atoms with Crippen LogP contribution in [0.3, 0.4) is 0 Å². The summed E-state index contributed by atoms with van der Waals surface area (Å²) in [4.78, 5) is 11.4. The van der Waals surface area contributed by atoms with Crippen molar-refractivity contribution in [1.82, 2.24) is 0 Å². The van der Waals surface area contributed by atoms with E-state index in [2.05, 4.69) is 5.32 Å². The van der Waals surface area contributed by atoms with Gasteiger partial charge in [-0.15, -0.1) is 0 Å². The maximum Gasteiger partial charge on any atom is 0.411 e. The monoisotopic (exact) mass is 288 g/mol. The number of ether oxygens (including phenoxy) is 2. The van der Waals surface area contributed by atoms with Crippen LogP contribution in [-0.2, 0) is 14.8 Å². The highest BCUT2D eigenvalue weighted by molar-refractivity contribution is 7.89. The number of hydrogen-bond donors (Lipinski definition) is 2. The summed E-state index contributed by atoms with van der Waals surface area (Å²) in [6, 6.07) is 3.88. The lowest BCUT2D eigenvalue weighted by atomic mass is 10.3. The maximum atomic E-state index is 11.5. The molecule has 0 aromatic heterocycles. The molecule has 1 amide bonds. The van der Waals surface area contributed by atoms with Gasteiger partial charge < -0.3 is 9.47 Å². The molecule has 0 aliphatic carbocycles. The van der Waals surface area contributed by atoms with Gasteiger partial charge in [-0.05, 0) is 32.0 Å². The van der Waals surface area contributed by atoms with Gasteiger partial charge in [0.25, 0.3) is 0 Å². The Kier molecular flexibility index (Phi) is 4.73. The van der Waals surface area contributed by atoms with E-state index in [0.717, 1.165) is 0 Å². The summed E-state index contributed by atoms with van der Waals surface area (Å²) in [5, 5.41) is 7.42. The van der Waals surface area contributed by atoms with Crippen molar-refractivity contribution >= 4 is 21.8 Å². The van der Waals surface area contributed by atoms with Crippen molar-refractivity contribution in [2.24, 2.45) is 5.14 Å². The fraction of sp³-hybridized carbons (Fsp3) is 0.364. The number of rotatable bonds is 4. The fourth-order valence-corrected chi connectivity index (χ4v) is 1.86. The molecule has 106 valence electrons.